The van der Waals surface area contributed by atoms with Gasteiger partial charge in [0.1, 0.15) is 24.2 Å². The number of hydrogen-bond acceptors (Lipinski definition) is 14. The van der Waals surface area contributed by atoms with Crippen molar-refractivity contribution < 1.29 is 56.8 Å². The average molecular weight is 919 g/mol. The summed E-state index contributed by atoms with van der Waals surface area (Å²) in [7, 11) is 0. The molecule has 0 radical (unpaired) electrons. The molecule has 372 valence electrons. The van der Waals surface area contributed by atoms with Crippen LogP contribution in [0.15, 0.2) is 27.7 Å². The number of ether oxygens (including phenoxy) is 5. The summed E-state index contributed by atoms with van der Waals surface area (Å²) in [5, 5.41) is 11.0. The average Bonchev–Trinajstić information content (AvgIpc) is 3.99. The first kappa shape index (κ1) is 57.3. The van der Waals surface area contributed by atoms with Crippen molar-refractivity contribution in [3.8, 4) is 0 Å². The number of esters is 4. The van der Waals surface area contributed by atoms with Crippen molar-refractivity contribution in [2.45, 2.75) is 265 Å². The fourth-order valence-electron chi connectivity index (χ4n) is 7.76. The normalized spacial score (nSPS) is 14.3. The molecule has 0 fully saturated rings. The Morgan fingerprint density at radius 2 is 1.05 bits per heavy atom. The van der Waals surface area contributed by atoms with Crippen molar-refractivity contribution in [3.05, 3.63) is 36.2 Å². The van der Waals surface area contributed by atoms with Crippen molar-refractivity contribution in [2.24, 2.45) is 0 Å². The van der Waals surface area contributed by atoms with Gasteiger partial charge in [-0.2, -0.15) is 0 Å². The molecule has 1 N–H and O–H groups in total. The topological polar surface area (TPSA) is 187 Å². The predicted molar refractivity (Wildman–Crippen MR) is 248 cm³/mol. The summed E-state index contributed by atoms with van der Waals surface area (Å²) in [5.41, 5.74) is 0.150. The minimum Gasteiger partial charge on any atom is -0.459 e. The molecule has 65 heavy (non-hydrogen) atoms. The zero-order chi connectivity index (χ0) is 47.5. The van der Waals surface area contributed by atoms with Crippen LogP contribution in [0.4, 0.5) is 0 Å². The standard InChI is InChI=1S/C51H86N2O12/c1-7-12-13-14-15-16-17-18-19-20-21-22-23-24-25-26-27-28-29-34-48(58)65-50(43-36-52-38-60-43)51-53-40(37-59-51)41(62-45(55)31-9-3)35-42(63-46(56)32-10-4)49(64-47(57)33-11-5)39(6)61-44(54)30-8-2/h36-39,41-42,48-50,58H,7-35H2,1-6H3. The highest BCUT2D eigenvalue weighted by Gasteiger charge is 2.40. The molecule has 0 saturated carbocycles. The third-order valence-corrected chi connectivity index (χ3v) is 11.4. The van der Waals surface area contributed by atoms with E-state index in [2.05, 4.69) is 16.9 Å². The van der Waals surface area contributed by atoms with Gasteiger partial charge in [-0.25, -0.2) is 9.97 Å². The number of aliphatic hydroxyl groups is 1. The molecule has 0 aliphatic heterocycles. The Kier molecular flexibility index (Phi) is 32.1. The van der Waals surface area contributed by atoms with Gasteiger partial charge in [-0.05, 0) is 45.4 Å². The Morgan fingerprint density at radius 3 is 1.52 bits per heavy atom. The highest BCUT2D eigenvalue weighted by molar-refractivity contribution is 5.71. The summed E-state index contributed by atoms with van der Waals surface area (Å²) in [6, 6.07) is 0. The van der Waals surface area contributed by atoms with E-state index in [1.165, 1.54) is 122 Å². The molecule has 2 heterocycles. The first-order valence-electron chi connectivity index (χ1n) is 25.5. The Labute approximate surface area is 390 Å². The zero-order valence-corrected chi connectivity index (χ0v) is 41.0. The highest BCUT2D eigenvalue weighted by Crippen LogP contribution is 2.33. The van der Waals surface area contributed by atoms with E-state index >= 15 is 0 Å². The summed E-state index contributed by atoms with van der Waals surface area (Å²) in [5.74, 6) is -1.94. The fraction of sp³-hybridized carbons (Fsp3) is 0.804. The number of hydrogen-bond donors (Lipinski definition) is 1. The van der Waals surface area contributed by atoms with Crippen LogP contribution in [0, 0.1) is 0 Å². The summed E-state index contributed by atoms with van der Waals surface area (Å²) in [6.45, 7) is 11.2. The van der Waals surface area contributed by atoms with Crippen LogP contribution >= 0.6 is 0 Å². The van der Waals surface area contributed by atoms with Gasteiger partial charge in [0.15, 0.2) is 36.8 Å². The lowest BCUT2D eigenvalue weighted by molar-refractivity contribution is -0.188. The van der Waals surface area contributed by atoms with Gasteiger partial charge in [0.2, 0.25) is 5.89 Å². The number of carbonyl (C=O) groups excluding carboxylic acids is 4. The molecule has 14 nitrogen and oxygen atoms in total. The van der Waals surface area contributed by atoms with E-state index in [0.717, 1.165) is 19.3 Å². The maximum Gasteiger partial charge on any atom is 0.306 e. The Hall–Kier alpha value is -3.78. The molecule has 0 saturated heterocycles. The van der Waals surface area contributed by atoms with Crippen molar-refractivity contribution in [2.75, 3.05) is 0 Å². The molecule has 0 aliphatic rings. The number of unbranched alkanes of at least 4 members (excludes halogenated alkanes) is 18. The number of aliphatic hydroxyl groups excluding tert-OH is 1. The molecular weight excluding hydrogens is 833 g/mol. The Bertz CT molecular complexity index is 1510. The van der Waals surface area contributed by atoms with Gasteiger partial charge in [0, 0.05) is 32.1 Å². The van der Waals surface area contributed by atoms with Crippen LogP contribution in [0.5, 0.6) is 0 Å². The second-order valence-corrected chi connectivity index (χ2v) is 17.5. The quantitative estimate of drug-likeness (QED) is 0.0287. The predicted octanol–water partition coefficient (Wildman–Crippen LogP) is 12.8. The van der Waals surface area contributed by atoms with Crippen LogP contribution in [0.3, 0.4) is 0 Å². The molecular formula is C51H86N2O12. The number of oxazole rings is 2. The fourth-order valence-corrected chi connectivity index (χ4v) is 7.76. The summed E-state index contributed by atoms with van der Waals surface area (Å²) in [6.07, 6.45) is 24.0. The van der Waals surface area contributed by atoms with E-state index < -0.39 is 60.7 Å². The molecule has 14 heteroatoms. The lowest BCUT2D eigenvalue weighted by Crippen LogP contribution is -2.45. The largest absolute Gasteiger partial charge is 0.459 e. The molecule has 0 aliphatic carbocycles. The van der Waals surface area contributed by atoms with E-state index in [1.807, 2.05) is 27.7 Å². The second-order valence-electron chi connectivity index (χ2n) is 17.5. The SMILES string of the molecule is CCCCCCCCCCCCCCCCCCCCCC(O)OC(c1cnco1)c1nc(C(CC(OC(=O)CCC)C(OC(=O)CCC)C(C)OC(=O)CCC)OC(=O)CCC)co1. The van der Waals surface area contributed by atoms with Crippen LogP contribution in [0.2, 0.25) is 0 Å². The van der Waals surface area contributed by atoms with Gasteiger partial charge in [-0.1, -0.05) is 150 Å². The van der Waals surface area contributed by atoms with E-state index in [0.29, 0.717) is 32.1 Å². The number of nitrogens with zero attached hydrogens (tertiary/aromatic N) is 2. The lowest BCUT2D eigenvalue weighted by atomic mass is 10.00. The van der Waals surface area contributed by atoms with E-state index in [4.69, 9.17) is 32.5 Å². The van der Waals surface area contributed by atoms with Crippen molar-refractivity contribution in [1.82, 2.24) is 9.97 Å². The highest BCUT2D eigenvalue weighted by atomic mass is 16.6. The third-order valence-electron chi connectivity index (χ3n) is 11.4. The van der Waals surface area contributed by atoms with Gasteiger partial charge >= 0.3 is 23.9 Å². The molecule has 2 rings (SSSR count). The molecule has 6 atom stereocenters. The molecule has 6 unspecified atom stereocenters. The smallest absolute Gasteiger partial charge is 0.306 e. The first-order chi connectivity index (χ1) is 31.6. The third kappa shape index (κ3) is 25.6. The second kappa shape index (κ2) is 36.4. The van der Waals surface area contributed by atoms with Crippen LogP contribution in [0.1, 0.15) is 257 Å². The van der Waals surface area contributed by atoms with Crippen molar-refractivity contribution >= 4 is 23.9 Å². The van der Waals surface area contributed by atoms with Crippen molar-refractivity contribution in [1.29, 1.82) is 0 Å². The maximum absolute atomic E-state index is 13.1. The maximum atomic E-state index is 13.1. The number of rotatable bonds is 41. The minimum atomic E-state index is -1.24. The van der Waals surface area contributed by atoms with Gasteiger partial charge in [0.05, 0.1) is 6.20 Å². The van der Waals surface area contributed by atoms with Gasteiger partial charge in [-0.15, -0.1) is 0 Å². The van der Waals surface area contributed by atoms with Gasteiger partial charge in [-0.3, -0.25) is 19.2 Å². The molecule has 2 aromatic heterocycles. The Balaban J connectivity index is 2.05. The van der Waals surface area contributed by atoms with E-state index in [-0.39, 0.29) is 49.4 Å². The van der Waals surface area contributed by atoms with Gasteiger partial charge < -0.3 is 37.6 Å². The number of carbonyl (C=O) groups is 4. The number of aromatic nitrogens is 2. The minimum absolute atomic E-state index is 0.00724. The summed E-state index contributed by atoms with van der Waals surface area (Å²) in [4.78, 5) is 60.4. The monoisotopic (exact) mass is 919 g/mol. The van der Waals surface area contributed by atoms with Crippen LogP contribution in [-0.4, -0.2) is 63.6 Å². The van der Waals surface area contributed by atoms with Crippen molar-refractivity contribution in [3.63, 3.8) is 0 Å². The zero-order valence-electron chi connectivity index (χ0n) is 41.0. The molecule has 0 amide bonds. The Morgan fingerprint density at radius 1 is 0.585 bits per heavy atom. The van der Waals surface area contributed by atoms with Crippen LogP contribution < -0.4 is 0 Å². The summed E-state index contributed by atoms with van der Waals surface area (Å²) >= 11 is 0. The lowest BCUT2D eigenvalue weighted by Gasteiger charge is -2.32. The molecule has 0 spiro atoms. The molecule has 2 aromatic rings. The first-order valence-corrected chi connectivity index (χ1v) is 25.5. The van der Waals surface area contributed by atoms with E-state index in [1.54, 1.807) is 6.92 Å². The molecule has 0 aromatic carbocycles. The van der Waals surface area contributed by atoms with Crippen LogP contribution in [0.25, 0.3) is 0 Å². The van der Waals surface area contributed by atoms with Crippen LogP contribution in [-0.2, 0) is 42.9 Å². The van der Waals surface area contributed by atoms with E-state index in [9.17, 15) is 24.3 Å². The summed E-state index contributed by atoms with van der Waals surface area (Å²) < 4.78 is 40.9. The van der Waals surface area contributed by atoms with Gasteiger partial charge in [0.25, 0.3) is 0 Å². The molecule has 0 bridgehead atoms.